The number of H-pyrrole nitrogens is 1. The zero-order chi connectivity index (χ0) is 14.5. The Labute approximate surface area is 113 Å². The van der Waals surface area contributed by atoms with Gasteiger partial charge in [0.05, 0.1) is 13.1 Å². The first-order chi connectivity index (χ1) is 9.54. The van der Waals surface area contributed by atoms with Crippen LogP contribution < -0.4 is 16.6 Å². The zero-order valence-corrected chi connectivity index (χ0v) is 10.5. The van der Waals surface area contributed by atoms with Crippen LogP contribution in [0.25, 0.3) is 0 Å². The summed E-state index contributed by atoms with van der Waals surface area (Å²) in [6, 6.07) is 8.17. The third-order valence-electron chi connectivity index (χ3n) is 2.63. The summed E-state index contributed by atoms with van der Waals surface area (Å²) in [5, 5.41) is 11.7. The summed E-state index contributed by atoms with van der Waals surface area (Å²) in [7, 11) is 0. The lowest BCUT2D eigenvalue weighted by Gasteiger charge is -2.09. The standard InChI is InChI=1S/C13H13N3O4/c17-11-4-5-16(13(20)15-11)8-14-10-3-1-2-9(6-10)7-12(18)19/h1-6,14H,7-8H2,(H,18,19)(H,15,17,20). The van der Waals surface area contributed by atoms with Crippen molar-refractivity contribution in [1.29, 1.82) is 0 Å². The Bertz CT molecular complexity index is 733. The molecule has 0 unspecified atom stereocenters. The molecule has 7 heteroatoms. The number of nitrogens with zero attached hydrogens (tertiary/aromatic N) is 1. The topological polar surface area (TPSA) is 104 Å². The average Bonchev–Trinajstić information content (AvgIpc) is 2.37. The van der Waals surface area contributed by atoms with Crippen LogP contribution in [0.15, 0.2) is 46.1 Å². The molecule has 0 atom stereocenters. The number of aliphatic carboxylic acids is 1. The number of carboxylic acid groups (broad SMARTS) is 1. The molecule has 0 fully saturated rings. The van der Waals surface area contributed by atoms with Crippen LogP contribution in [0.4, 0.5) is 5.69 Å². The highest BCUT2D eigenvalue weighted by molar-refractivity contribution is 5.70. The number of benzene rings is 1. The second-order valence-electron chi connectivity index (χ2n) is 4.19. The number of rotatable bonds is 5. The van der Waals surface area contributed by atoms with Gasteiger partial charge in [-0.15, -0.1) is 0 Å². The molecule has 0 aliphatic heterocycles. The lowest BCUT2D eigenvalue weighted by molar-refractivity contribution is -0.136. The van der Waals surface area contributed by atoms with Crippen LogP contribution in [-0.4, -0.2) is 20.6 Å². The Hall–Kier alpha value is -2.83. The lowest BCUT2D eigenvalue weighted by Crippen LogP contribution is -2.30. The first-order valence-corrected chi connectivity index (χ1v) is 5.89. The molecule has 0 aliphatic carbocycles. The highest BCUT2D eigenvalue weighted by Gasteiger charge is 2.02. The van der Waals surface area contributed by atoms with Crippen molar-refractivity contribution in [3.05, 3.63) is 62.9 Å². The van der Waals surface area contributed by atoms with Crippen molar-refractivity contribution in [2.24, 2.45) is 0 Å². The maximum atomic E-state index is 11.5. The average molecular weight is 275 g/mol. The van der Waals surface area contributed by atoms with Crippen LogP contribution in [0.1, 0.15) is 5.56 Å². The molecule has 2 aromatic rings. The monoisotopic (exact) mass is 275 g/mol. The van der Waals surface area contributed by atoms with Crippen LogP contribution in [0.5, 0.6) is 0 Å². The summed E-state index contributed by atoms with van der Waals surface area (Å²) in [5.41, 5.74) is 0.402. The minimum Gasteiger partial charge on any atom is -0.481 e. The quantitative estimate of drug-likeness (QED) is 0.724. The SMILES string of the molecule is O=C(O)Cc1cccc(NCn2ccc(=O)[nH]c2=O)c1. The Balaban J connectivity index is 2.09. The van der Waals surface area contributed by atoms with Crippen molar-refractivity contribution in [2.45, 2.75) is 13.1 Å². The second-order valence-corrected chi connectivity index (χ2v) is 4.19. The summed E-state index contributed by atoms with van der Waals surface area (Å²) in [6.07, 6.45) is 1.32. The summed E-state index contributed by atoms with van der Waals surface area (Å²) in [4.78, 5) is 35.2. The molecular weight excluding hydrogens is 262 g/mol. The molecule has 1 aromatic heterocycles. The summed E-state index contributed by atoms with van der Waals surface area (Å²) in [5.74, 6) is -0.904. The van der Waals surface area contributed by atoms with E-state index in [1.807, 2.05) is 0 Å². The Kier molecular flexibility index (Phi) is 3.99. The fourth-order valence-electron chi connectivity index (χ4n) is 1.71. The highest BCUT2D eigenvalue weighted by atomic mass is 16.4. The molecule has 0 saturated heterocycles. The second kappa shape index (κ2) is 5.87. The lowest BCUT2D eigenvalue weighted by atomic mass is 10.1. The first-order valence-electron chi connectivity index (χ1n) is 5.89. The summed E-state index contributed by atoms with van der Waals surface area (Å²) in [6.45, 7) is 0.173. The zero-order valence-electron chi connectivity index (χ0n) is 10.5. The molecule has 2 rings (SSSR count). The van der Waals surface area contributed by atoms with Crippen molar-refractivity contribution in [3.63, 3.8) is 0 Å². The minimum atomic E-state index is -0.904. The van der Waals surface area contributed by atoms with E-state index in [1.165, 1.54) is 16.8 Å². The molecule has 104 valence electrons. The van der Waals surface area contributed by atoms with Gasteiger partial charge < -0.3 is 10.4 Å². The van der Waals surface area contributed by atoms with Gasteiger partial charge in [-0.1, -0.05) is 12.1 Å². The van der Waals surface area contributed by atoms with Crippen LogP contribution in [0, 0.1) is 0 Å². The van der Waals surface area contributed by atoms with E-state index in [2.05, 4.69) is 10.3 Å². The number of aromatic nitrogens is 2. The van der Waals surface area contributed by atoms with Crippen LogP contribution >= 0.6 is 0 Å². The molecule has 3 N–H and O–H groups in total. The van der Waals surface area contributed by atoms with E-state index in [-0.39, 0.29) is 13.1 Å². The number of nitrogens with one attached hydrogen (secondary N) is 2. The third-order valence-corrected chi connectivity index (χ3v) is 2.63. The van der Waals surface area contributed by atoms with Crippen molar-refractivity contribution in [2.75, 3.05) is 5.32 Å². The number of hydrogen-bond donors (Lipinski definition) is 3. The molecule has 0 bridgehead atoms. The van der Waals surface area contributed by atoms with Gasteiger partial charge in [-0.2, -0.15) is 0 Å². The highest BCUT2D eigenvalue weighted by Crippen LogP contribution is 2.11. The van der Waals surface area contributed by atoms with Crippen LogP contribution in [0.3, 0.4) is 0 Å². The van der Waals surface area contributed by atoms with Crippen LogP contribution in [-0.2, 0) is 17.9 Å². The smallest absolute Gasteiger partial charge is 0.329 e. The van der Waals surface area contributed by atoms with Crippen molar-refractivity contribution in [3.8, 4) is 0 Å². The van der Waals surface area contributed by atoms with Crippen molar-refractivity contribution < 1.29 is 9.90 Å². The van der Waals surface area contributed by atoms with Gasteiger partial charge >= 0.3 is 11.7 Å². The number of carboxylic acids is 1. The van der Waals surface area contributed by atoms with Gasteiger partial charge in [0.1, 0.15) is 0 Å². The van der Waals surface area contributed by atoms with E-state index < -0.39 is 17.2 Å². The summed E-state index contributed by atoms with van der Waals surface area (Å²) < 4.78 is 1.30. The van der Waals surface area contributed by atoms with Gasteiger partial charge in [0.25, 0.3) is 5.56 Å². The molecule has 1 heterocycles. The molecular formula is C13H13N3O4. The molecule has 0 radical (unpaired) electrons. The molecule has 1 aromatic carbocycles. The predicted molar refractivity (Wildman–Crippen MR) is 72.7 cm³/mol. The van der Waals surface area contributed by atoms with E-state index in [4.69, 9.17) is 5.11 Å². The summed E-state index contributed by atoms with van der Waals surface area (Å²) >= 11 is 0. The van der Waals surface area contributed by atoms with Gasteiger partial charge in [0.2, 0.25) is 0 Å². The Morgan fingerprint density at radius 2 is 2.10 bits per heavy atom. The molecule has 20 heavy (non-hydrogen) atoms. The van der Waals surface area contributed by atoms with E-state index in [0.717, 1.165) is 0 Å². The Morgan fingerprint density at radius 3 is 2.80 bits per heavy atom. The van der Waals surface area contributed by atoms with Crippen LogP contribution in [0.2, 0.25) is 0 Å². The maximum Gasteiger partial charge on any atom is 0.329 e. The number of carbonyl (C=O) groups is 1. The van der Waals surface area contributed by atoms with E-state index in [1.54, 1.807) is 24.3 Å². The van der Waals surface area contributed by atoms with Crippen molar-refractivity contribution >= 4 is 11.7 Å². The third kappa shape index (κ3) is 3.58. The molecule has 0 aliphatic rings. The van der Waals surface area contributed by atoms with E-state index in [0.29, 0.717) is 11.3 Å². The largest absolute Gasteiger partial charge is 0.481 e. The fraction of sp³-hybridized carbons (Fsp3) is 0.154. The number of hydrogen-bond acceptors (Lipinski definition) is 4. The van der Waals surface area contributed by atoms with Gasteiger partial charge in [-0.25, -0.2) is 4.79 Å². The molecule has 0 saturated carbocycles. The fourth-order valence-corrected chi connectivity index (χ4v) is 1.71. The Morgan fingerprint density at radius 1 is 1.30 bits per heavy atom. The normalized spacial score (nSPS) is 10.2. The van der Waals surface area contributed by atoms with E-state index in [9.17, 15) is 14.4 Å². The van der Waals surface area contributed by atoms with Gasteiger partial charge in [0, 0.05) is 18.0 Å². The number of aromatic amines is 1. The molecule has 7 nitrogen and oxygen atoms in total. The van der Waals surface area contributed by atoms with E-state index >= 15 is 0 Å². The number of anilines is 1. The predicted octanol–water partition coefficient (Wildman–Crippen LogP) is 0.233. The minimum absolute atomic E-state index is 0.0614. The first kappa shape index (κ1) is 13.6. The van der Waals surface area contributed by atoms with Gasteiger partial charge in [-0.05, 0) is 17.7 Å². The molecule has 0 spiro atoms. The van der Waals surface area contributed by atoms with Gasteiger partial charge in [-0.3, -0.25) is 19.1 Å². The van der Waals surface area contributed by atoms with Gasteiger partial charge in [0.15, 0.2) is 0 Å². The molecule has 0 amide bonds. The van der Waals surface area contributed by atoms with Crippen molar-refractivity contribution in [1.82, 2.24) is 9.55 Å². The maximum absolute atomic E-state index is 11.5.